The topological polar surface area (TPSA) is 74.3 Å². The van der Waals surface area contributed by atoms with Crippen molar-refractivity contribution in [1.82, 2.24) is 0 Å². The molecule has 22 heavy (non-hydrogen) atoms. The van der Waals surface area contributed by atoms with Crippen molar-refractivity contribution in [3.8, 4) is 0 Å². The molecule has 0 heterocycles. The van der Waals surface area contributed by atoms with E-state index in [-0.39, 0.29) is 0 Å². The van der Waals surface area contributed by atoms with E-state index in [1.54, 1.807) is 19.3 Å². The number of aliphatic imine (C=N–C) groups is 1. The van der Waals surface area contributed by atoms with Crippen molar-refractivity contribution in [2.24, 2.45) is 10.7 Å². The van der Waals surface area contributed by atoms with Gasteiger partial charge >= 0.3 is 0 Å². The summed E-state index contributed by atoms with van der Waals surface area (Å²) >= 11 is 0. The minimum atomic E-state index is 0.507. The first-order valence-corrected chi connectivity index (χ1v) is 6.83. The van der Waals surface area contributed by atoms with E-state index in [4.69, 9.17) is 11.1 Å². The Hall–Kier alpha value is -2.88. The fourth-order valence-corrected chi connectivity index (χ4v) is 1.84. The number of rotatable bonds is 7. The molecule has 0 radical (unpaired) electrons. The average Bonchev–Trinajstić information content (AvgIpc) is 2.49. The van der Waals surface area contributed by atoms with Gasteiger partial charge in [0.1, 0.15) is 0 Å². The summed E-state index contributed by atoms with van der Waals surface area (Å²) in [6, 6.07) is 7.77. The quantitative estimate of drug-likeness (QED) is 0.529. The van der Waals surface area contributed by atoms with Crippen molar-refractivity contribution < 1.29 is 0 Å². The molecular formula is C18H22N4. The smallest absolute Gasteiger partial charge is 0.0417 e. The maximum Gasteiger partial charge on any atom is 0.0417 e. The van der Waals surface area contributed by atoms with Crippen LogP contribution < -0.4 is 11.1 Å². The molecule has 0 amide bonds. The summed E-state index contributed by atoms with van der Waals surface area (Å²) in [5.41, 5.74) is 10.4. The zero-order chi connectivity index (χ0) is 16.5. The highest BCUT2D eigenvalue weighted by Crippen LogP contribution is 2.19. The molecule has 0 aliphatic carbocycles. The standard InChI is InChI=1S/C18H22N4/c1-5-15(11-19)16-7-6-8-17(10-16)22-14(3)9-18(20)13(2)12-21-4/h5-12,19,22H,2-3,20H2,1,4H3/b15-5+,18-9-,19-11?,21-12?. The molecule has 0 aliphatic rings. The number of nitrogens with one attached hydrogen (secondary N) is 2. The van der Waals surface area contributed by atoms with Crippen LogP contribution in [0.4, 0.5) is 5.69 Å². The van der Waals surface area contributed by atoms with Crippen LogP contribution in [0.1, 0.15) is 12.5 Å². The van der Waals surface area contributed by atoms with E-state index >= 15 is 0 Å². The second-order valence-corrected chi connectivity index (χ2v) is 4.63. The van der Waals surface area contributed by atoms with Gasteiger partial charge in [-0.05, 0) is 36.3 Å². The molecule has 0 spiro atoms. The first-order chi connectivity index (χ1) is 10.5. The maximum absolute atomic E-state index is 7.41. The number of anilines is 1. The van der Waals surface area contributed by atoms with Gasteiger partial charge in [-0.2, -0.15) is 0 Å². The van der Waals surface area contributed by atoms with Crippen molar-refractivity contribution >= 4 is 23.7 Å². The third-order valence-corrected chi connectivity index (χ3v) is 2.95. The molecule has 0 aromatic heterocycles. The van der Waals surface area contributed by atoms with Gasteiger partial charge in [0.25, 0.3) is 0 Å². The van der Waals surface area contributed by atoms with Crippen LogP contribution in [-0.2, 0) is 0 Å². The largest absolute Gasteiger partial charge is 0.398 e. The Labute approximate surface area is 132 Å². The van der Waals surface area contributed by atoms with Crippen LogP contribution in [0.25, 0.3) is 5.57 Å². The number of allylic oxidation sites excluding steroid dienone is 4. The number of benzene rings is 1. The highest BCUT2D eigenvalue weighted by molar-refractivity contribution is 6.08. The zero-order valence-electron chi connectivity index (χ0n) is 13.1. The molecule has 4 heteroatoms. The maximum atomic E-state index is 7.41. The normalized spacial score (nSPS) is 12.3. The molecular weight excluding hydrogens is 272 g/mol. The number of nitrogens with zero attached hydrogens (tertiary/aromatic N) is 1. The zero-order valence-corrected chi connectivity index (χ0v) is 13.1. The van der Waals surface area contributed by atoms with Crippen molar-refractivity contribution in [3.05, 3.63) is 72.1 Å². The summed E-state index contributed by atoms with van der Waals surface area (Å²) in [7, 11) is 1.67. The third kappa shape index (κ3) is 4.90. The Balaban J connectivity index is 2.89. The van der Waals surface area contributed by atoms with Gasteiger partial charge in [-0.1, -0.05) is 31.4 Å². The molecule has 1 rings (SSSR count). The van der Waals surface area contributed by atoms with Gasteiger partial charge < -0.3 is 16.5 Å². The SMILES string of the molecule is C=C(/C=C(\N)C(=C)C=NC)Nc1cccc(/C(C=N)=C/C)c1. The van der Waals surface area contributed by atoms with Gasteiger partial charge in [-0.3, -0.25) is 4.99 Å². The second-order valence-electron chi connectivity index (χ2n) is 4.63. The molecule has 0 bridgehead atoms. The van der Waals surface area contributed by atoms with E-state index in [1.807, 2.05) is 37.3 Å². The summed E-state index contributed by atoms with van der Waals surface area (Å²) in [5.74, 6) is 0. The lowest BCUT2D eigenvalue weighted by Crippen LogP contribution is -2.05. The lowest BCUT2D eigenvalue weighted by molar-refractivity contribution is 1.34. The summed E-state index contributed by atoms with van der Waals surface area (Å²) < 4.78 is 0. The van der Waals surface area contributed by atoms with Crippen molar-refractivity contribution in [1.29, 1.82) is 5.41 Å². The van der Waals surface area contributed by atoms with Crippen LogP contribution in [-0.4, -0.2) is 19.5 Å². The highest BCUT2D eigenvalue weighted by Gasteiger charge is 2.01. The Morgan fingerprint density at radius 3 is 2.68 bits per heavy atom. The van der Waals surface area contributed by atoms with E-state index in [0.717, 1.165) is 16.8 Å². The lowest BCUT2D eigenvalue weighted by atomic mass is 10.1. The van der Waals surface area contributed by atoms with Crippen molar-refractivity contribution in [2.45, 2.75) is 6.92 Å². The number of nitrogens with two attached hydrogens (primary N) is 1. The molecule has 0 fully saturated rings. The molecule has 114 valence electrons. The van der Waals surface area contributed by atoms with Crippen LogP contribution in [0.2, 0.25) is 0 Å². The molecule has 4 nitrogen and oxygen atoms in total. The number of hydrogen-bond donors (Lipinski definition) is 3. The first kappa shape index (κ1) is 17.2. The van der Waals surface area contributed by atoms with Crippen LogP contribution in [0, 0.1) is 5.41 Å². The first-order valence-electron chi connectivity index (χ1n) is 6.83. The van der Waals surface area contributed by atoms with Gasteiger partial charge in [0.05, 0.1) is 0 Å². The molecule has 0 unspecified atom stereocenters. The van der Waals surface area contributed by atoms with Crippen LogP contribution in [0.15, 0.2) is 71.5 Å². The molecule has 1 aromatic carbocycles. The van der Waals surface area contributed by atoms with Gasteiger partial charge in [0.15, 0.2) is 0 Å². The predicted molar refractivity (Wildman–Crippen MR) is 97.5 cm³/mol. The molecule has 0 atom stereocenters. The van der Waals surface area contributed by atoms with Crippen LogP contribution in [0.3, 0.4) is 0 Å². The van der Waals surface area contributed by atoms with Crippen molar-refractivity contribution in [2.75, 3.05) is 12.4 Å². The minimum absolute atomic E-state index is 0.507. The summed E-state index contributed by atoms with van der Waals surface area (Å²) in [6.45, 7) is 9.66. The van der Waals surface area contributed by atoms with Crippen LogP contribution >= 0.6 is 0 Å². The summed E-state index contributed by atoms with van der Waals surface area (Å²) in [5, 5.41) is 10.6. The van der Waals surface area contributed by atoms with E-state index in [1.165, 1.54) is 6.21 Å². The highest BCUT2D eigenvalue weighted by atomic mass is 14.9. The molecule has 1 aromatic rings. The van der Waals surface area contributed by atoms with Gasteiger partial charge in [-0.15, -0.1) is 0 Å². The Morgan fingerprint density at radius 2 is 2.09 bits per heavy atom. The third-order valence-electron chi connectivity index (χ3n) is 2.95. The molecule has 0 saturated carbocycles. The fraction of sp³-hybridized carbons (Fsp3) is 0.111. The van der Waals surface area contributed by atoms with Crippen LogP contribution in [0.5, 0.6) is 0 Å². The average molecular weight is 294 g/mol. The van der Waals surface area contributed by atoms with E-state index in [9.17, 15) is 0 Å². The van der Waals surface area contributed by atoms with Gasteiger partial charge in [0, 0.05) is 42.1 Å². The molecule has 0 aliphatic heterocycles. The Kier molecular flexibility index (Phi) is 6.57. The fourth-order valence-electron chi connectivity index (χ4n) is 1.84. The van der Waals surface area contributed by atoms with Gasteiger partial charge in [-0.25, -0.2) is 0 Å². The predicted octanol–water partition coefficient (Wildman–Crippen LogP) is 3.76. The Morgan fingerprint density at radius 1 is 1.36 bits per heavy atom. The monoisotopic (exact) mass is 294 g/mol. The second kappa shape index (κ2) is 8.42. The summed E-state index contributed by atoms with van der Waals surface area (Å²) in [6.07, 6.45) is 6.54. The molecule has 0 saturated heterocycles. The van der Waals surface area contributed by atoms with E-state index < -0.39 is 0 Å². The number of hydrogen-bond acceptors (Lipinski definition) is 4. The van der Waals surface area contributed by atoms with E-state index in [2.05, 4.69) is 23.5 Å². The summed E-state index contributed by atoms with van der Waals surface area (Å²) in [4.78, 5) is 3.87. The van der Waals surface area contributed by atoms with Crippen molar-refractivity contribution in [3.63, 3.8) is 0 Å². The molecule has 4 N–H and O–H groups in total. The Bertz CT molecular complexity index is 663. The van der Waals surface area contributed by atoms with Gasteiger partial charge in [0.2, 0.25) is 0 Å². The minimum Gasteiger partial charge on any atom is -0.398 e. The lowest BCUT2D eigenvalue weighted by Gasteiger charge is -2.10. The van der Waals surface area contributed by atoms with E-state index in [0.29, 0.717) is 17.0 Å².